The van der Waals surface area contributed by atoms with Crippen molar-refractivity contribution in [3.8, 4) is 22.6 Å². The monoisotopic (exact) mass is 471 g/mol. The summed E-state index contributed by atoms with van der Waals surface area (Å²) < 4.78 is 10.8. The van der Waals surface area contributed by atoms with Gasteiger partial charge in [-0.3, -0.25) is 4.79 Å². The van der Waals surface area contributed by atoms with Crippen molar-refractivity contribution in [3.63, 3.8) is 0 Å². The molecule has 0 N–H and O–H groups in total. The molecule has 0 aliphatic rings. The predicted molar refractivity (Wildman–Crippen MR) is 139 cm³/mol. The molecule has 0 saturated heterocycles. The molecule has 0 aliphatic heterocycles. The fourth-order valence-electron chi connectivity index (χ4n) is 3.91. The number of aryl methyl sites for hydroxylation is 1. The molecular formula is C29H29NO3S. The Morgan fingerprint density at radius 3 is 2.21 bits per heavy atom. The normalized spacial score (nSPS) is 10.7. The topological polar surface area (TPSA) is 38.8 Å². The first-order valence-corrected chi connectivity index (χ1v) is 12.2. The van der Waals surface area contributed by atoms with Gasteiger partial charge in [0.2, 0.25) is 0 Å². The highest BCUT2D eigenvalue weighted by atomic mass is 32.1. The Hall–Kier alpha value is -3.57. The molecule has 3 aromatic carbocycles. The Balaban J connectivity index is 1.54. The summed E-state index contributed by atoms with van der Waals surface area (Å²) in [6.45, 7) is 3.29. The molecule has 0 radical (unpaired) electrons. The van der Waals surface area contributed by atoms with Gasteiger partial charge in [0, 0.05) is 17.0 Å². The van der Waals surface area contributed by atoms with Crippen LogP contribution in [0.3, 0.4) is 0 Å². The highest BCUT2D eigenvalue weighted by Gasteiger charge is 2.18. The second kappa shape index (κ2) is 11.0. The molecule has 34 heavy (non-hydrogen) atoms. The van der Waals surface area contributed by atoms with Crippen LogP contribution in [0.15, 0.2) is 84.2 Å². The lowest BCUT2D eigenvalue weighted by atomic mass is 10.0. The van der Waals surface area contributed by atoms with Gasteiger partial charge in [0.1, 0.15) is 0 Å². The second-order valence-electron chi connectivity index (χ2n) is 8.14. The summed E-state index contributed by atoms with van der Waals surface area (Å²) in [4.78, 5) is 16.7. The zero-order valence-corrected chi connectivity index (χ0v) is 20.6. The van der Waals surface area contributed by atoms with Crippen molar-refractivity contribution in [1.29, 1.82) is 0 Å². The van der Waals surface area contributed by atoms with E-state index in [4.69, 9.17) is 9.47 Å². The maximum absolute atomic E-state index is 13.6. The van der Waals surface area contributed by atoms with Crippen LogP contribution in [0.5, 0.6) is 11.5 Å². The third-order valence-corrected chi connectivity index (χ3v) is 6.95. The van der Waals surface area contributed by atoms with Crippen LogP contribution in [0.4, 0.5) is 0 Å². The van der Waals surface area contributed by atoms with Crippen LogP contribution in [0.25, 0.3) is 11.1 Å². The summed E-state index contributed by atoms with van der Waals surface area (Å²) in [5.74, 6) is 1.43. The molecule has 0 bridgehead atoms. The molecule has 1 heterocycles. The number of nitrogens with zero attached hydrogens (tertiary/aromatic N) is 1. The van der Waals surface area contributed by atoms with Crippen molar-refractivity contribution in [1.82, 2.24) is 4.90 Å². The lowest BCUT2D eigenvalue weighted by Crippen LogP contribution is -2.32. The number of rotatable bonds is 9. The van der Waals surface area contributed by atoms with Crippen LogP contribution in [0, 0.1) is 6.92 Å². The quantitative estimate of drug-likeness (QED) is 0.275. The Bertz CT molecular complexity index is 1230. The van der Waals surface area contributed by atoms with E-state index in [-0.39, 0.29) is 5.91 Å². The van der Waals surface area contributed by atoms with Crippen molar-refractivity contribution < 1.29 is 14.3 Å². The van der Waals surface area contributed by atoms with E-state index in [0.29, 0.717) is 30.2 Å². The summed E-state index contributed by atoms with van der Waals surface area (Å²) in [6, 6.07) is 26.1. The Kier molecular flexibility index (Phi) is 7.65. The van der Waals surface area contributed by atoms with Crippen molar-refractivity contribution in [3.05, 3.63) is 106 Å². The van der Waals surface area contributed by atoms with Gasteiger partial charge in [0.15, 0.2) is 11.5 Å². The van der Waals surface area contributed by atoms with Gasteiger partial charge in [-0.1, -0.05) is 48.5 Å². The number of carbonyl (C=O) groups excluding carboxylic acids is 1. The van der Waals surface area contributed by atoms with Crippen molar-refractivity contribution in [2.75, 3.05) is 20.8 Å². The Morgan fingerprint density at radius 1 is 0.853 bits per heavy atom. The van der Waals surface area contributed by atoms with E-state index in [0.717, 1.165) is 23.1 Å². The summed E-state index contributed by atoms with van der Waals surface area (Å²) in [7, 11) is 3.26. The van der Waals surface area contributed by atoms with Crippen LogP contribution in [-0.4, -0.2) is 31.6 Å². The maximum Gasteiger partial charge on any atom is 0.254 e. The minimum absolute atomic E-state index is 0.0351. The third-order valence-electron chi connectivity index (χ3n) is 5.95. The summed E-state index contributed by atoms with van der Waals surface area (Å²) in [5.41, 5.74) is 5.25. The summed E-state index contributed by atoms with van der Waals surface area (Å²) >= 11 is 1.69. The van der Waals surface area contributed by atoms with E-state index in [1.54, 1.807) is 25.6 Å². The molecule has 4 aromatic rings. The molecule has 1 amide bonds. The van der Waals surface area contributed by atoms with Gasteiger partial charge in [0.05, 0.1) is 20.8 Å². The fraction of sp³-hybridized carbons (Fsp3) is 0.207. The van der Waals surface area contributed by atoms with Gasteiger partial charge in [-0.2, -0.15) is 0 Å². The zero-order chi connectivity index (χ0) is 23.9. The molecule has 0 spiro atoms. The largest absolute Gasteiger partial charge is 0.493 e. The molecule has 4 nitrogen and oxygen atoms in total. The third kappa shape index (κ3) is 5.49. The first-order valence-electron chi connectivity index (χ1n) is 11.3. The Morgan fingerprint density at radius 2 is 1.56 bits per heavy atom. The number of benzene rings is 3. The molecule has 0 atom stereocenters. The Labute approximate surface area is 205 Å². The molecule has 0 aliphatic carbocycles. The van der Waals surface area contributed by atoms with E-state index in [1.807, 2.05) is 65.6 Å². The lowest BCUT2D eigenvalue weighted by molar-refractivity contribution is 0.0746. The zero-order valence-electron chi connectivity index (χ0n) is 19.8. The van der Waals surface area contributed by atoms with Gasteiger partial charge in [0.25, 0.3) is 5.91 Å². The number of ether oxygens (including phenoxy) is 2. The average Bonchev–Trinajstić information content (AvgIpc) is 3.30. The van der Waals surface area contributed by atoms with E-state index in [2.05, 4.69) is 30.5 Å². The van der Waals surface area contributed by atoms with Crippen LogP contribution in [0.2, 0.25) is 0 Å². The number of amides is 1. The van der Waals surface area contributed by atoms with Gasteiger partial charge in [-0.05, 0) is 71.3 Å². The van der Waals surface area contributed by atoms with Gasteiger partial charge in [-0.15, -0.1) is 11.3 Å². The van der Waals surface area contributed by atoms with Crippen molar-refractivity contribution >= 4 is 17.2 Å². The standard InChI is InChI=1S/C29H29NO3S/c1-21-16-18-34-28(21)20-30(17-15-22-9-14-26(32-2)27(19-22)33-3)29(31)25-12-10-24(11-13-25)23-7-5-4-6-8-23/h4-14,16,18-19H,15,17,20H2,1-3H3. The first-order chi connectivity index (χ1) is 16.6. The van der Waals surface area contributed by atoms with E-state index in [9.17, 15) is 4.79 Å². The SMILES string of the molecule is COc1ccc(CCN(Cc2sccc2C)C(=O)c2ccc(-c3ccccc3)cc2)cc1OC. The molecule has 0 fully saturated rings. The molecule has 0 saturated carbocycles. The van der Waals surface area contributed by atoms with Gasteiger partial charge >= 0.3 is 0 Å². The lowest BCUT2D eigenvalue weighted by Gasteiger charge is -2.23. The minimum Gasteiger partial charge on any atom is -0.493 e. The van der Waals surface area contributed by atoms with Crippen molar-refractivity contribution in [2.24, 2.45) is 0 Å². The average molecular weight is 472 g/mol. The van der Waals surface area contributed by atoms with E-state index in [1.165, 1.54) is 10.4 Å². The first kappa shape index (κ1) is 23.6. The smallest absolute Gasteiger partial charge is 0.254 e. The summed E-state index contributed by atoms with van der Waals surface area (Å²) in [5, 5.41) is 2.08. The molecule has 5 heteroatoms. The van der Waals surface area contributed by atoms with Crippen LogP contribution >= 0.6 is 11.3 Å². The van der Waals surface area contributed by atoms with Gasteiger partial charge < -0.3 is 14.4 Å². The van der Waals surface area contributed by atoms with Crippen molar-refractivity contribution in [2.45, 2.75) is 19.9 Å². The van der Waals surface area contributed by atoms with Crippen LogP contribution in [0.1, 0.15) is 26.4 Å². The van der Waals surface area contributed by atoms with E-state index < -0.39 is 0 Å². The molecule has 4 rings (SSSR count). The van der Waals surface area contributed by atoms with Crippen LogP contribution < -0.4 is 9.47 Å². The minimum atomic E-state index is 0.0351. The van der Waals surface area contributed by atoms with Gasteiger partial charge in [-0.25, -0.2) is 0 Å². The second-order valence-corrected chi connectivity index (χ2v) is 9.14. The van der Waals surface area contributed by atoms with Crippen LogP contribution in [-0.2, 0) is 13.0 Å². The highest BCUT2D eigenvalue weighted by Crippen LogP contribution is 2.28. The predicted octanol–water partition coefficient (Wildman–Crippen LogP) is 6.63. The van der Waals surface area contributed by atoms with E-state index >= 15 is 0 Å². The number of thiophene rings is 1. The molecular weight excluding hydrogens is 442 g/mol. The molecule has 174 valence electrons. The summed E-state index contributed by atoms with van der Waals surface area (Å²) in [6.07, 6.45) is 0.721. The number of carbonyl (C=O) groups is 1. The number of hydrogen-bond acceptors (Lipinski definition) is 4. The highest BCUT2D eigenvalue weighted by molar-refractivity contribution is 7.10. The maximum atomic E-state index is 13.6. The fourth-order valence-corrected chi connectivity index (χ4v) is 4.83. The number of methoxy groups -OCH3 is 2. The molecule has 1 aromatic heterocycles. The molecule has 0 unspecified atom stereocenters. The number of hydrogen-bond donors (Lipinski definition) is 0.